The molecular weight excluding hydrogens is 322 g/mol. The summed E-state index contributed by atoms with van der Waals surface area (Å²) in [4.78, 5) is 16.0. The van der Waals surface area contributed by atoms with Crippen LogP contribution in [0.2, 0.25) is 0 Å². The monoisotopic (exact) mass is 341 g/mol. The Hall–Kier alpha value is -3.40. The van der Waals surface area contributed by atoms with Gasteiger partial charge in [0.25, 0.3) is 5.91 Å². The molecular formula is C22H19N3O. The van der Waals surface area contributed by atoms with Crippen LogP contribution in [-0.4, -0.2) is 16.7 Å². The van der Waals surface area contributed by atoms with E-state index >= 15 is 0 Å². The zero-order chi connectivity index (χ0) is 18.1. The van der Waals surface area contributed by atoms with Gasteiger partial charge < -0.3 is 10.3 Å². The Balaban J connectivity index is 1.82. The number of amides is 1. The highest BCUT2D eigenvalue weighted by Crippen LogP contribution is 2.29. The molecule has 4 rings (SSSR count). The second kappa shape index (κ2) is 6.48. The van der Waals surface area contributed by atoms with Crippen LogP contribution >= 0.6 is 0 Å². The lowest BCUT2D eigenvalue weighted by atomic mass is 10.1. The van der Waals surface area contributed by atoms with Crippen LogP contribution in [0.5, 0.6) is 0 Å². The van der Waals surface area contributed by atoms with E-state index in [1.807, 2.05) is 12.1 Å². The summed E-state index contributed by atoms with van der Waals surface area (Å²) in [6, 6.07) is 21.8. The molecule has 4 heteroatoms. The highest BCUT2D eigenvalue weighted by Gasteiger charge is 2.09. The molecule has 26 heavy (non-hydrogen) atoms. The van der Waals surface area contributed by atoms with Crippen LogP contribution < -0.4 is 5.73 Å². The molecule has 0 fully saturated rings. The van der Waals surface area contributed by atoms with Crippen molar-refractivity contribution in [2.45, 2.75) is 13.5 Å². The Morgan fingerprint density at radius 2 is 1.73 bits per heavy atom. The molecule has 0 atom stereocenters. The maximum Gasteiger partial charge on any atom is 0.250 e. The van der Waals surface area contributed by atoms with Crippen molar-refractivity contribution in [3.8, 4) is 0 Å². The quantitative estimate of drug-likeness (QED) is 0.539. The average molecular weight is 341 g/mol. The first-order chi connectivity index (χ1) is 12.7. The van der Waals surface area contributed by atoms with Crippen LogP contribution in [0.4, 0.5) is 5.69 Å². The van der Waals surface area contributed by atoms with Gasteiger partial charge in [-0.15, -0.1) is 0 Å². The molecule has 128 valence electrons. The number of primary amides is 1. The fourth-order valence-corrected chi connectivity index (χ4v) is 3.43. The highest BCUT2D eigenvalue weighted by atomic mass is 16.1. The van der Waals surface area contributed by atoms with E-state index in [9.17, 15) is 4.79 Å². The van der Waals surface area contributed by atoms with Crippen LogP contribution in [0.1, 0.15) is 22.8 Å². The summed E-state index contributed by atoms with van der Waals surface area (Å²) in [5, 5.41) is 2.44. The van der Waals surface area contributed by atoms with Gasteiger partial charge in [-0.2, -0.15) is 0 Å². The maximum atomic E-state index is 11.5. The molecule has 0 aliphatic carbocycles. The van der Waals surface area contributed by atoms with Crippen molar-refractivity contribution in [2.24, 2.45) is 10.7 Å². The summed E-state index contributed by atoms with van der Waals surface area (Å²) >= 11 is 0. The van der Waals surface area contributed by atoms with E-state index in [1.165, 1.54) is 21.8 Å². The minimum absolute atomic E-state index is 0.424. The number of hydrogen-bond donors (Lipinski definition) is 1. The van der Waals surface area contributed by atoms with Crippen molar-refractivity contribution in [3.63, 3.8) is 0 Å². The summed E-state index contributed by atoms with van der Waals surface area (Å²) in [6.45, 7) is 3.07. The smallest absolute Gasteiger partial charge is 0.250 e. The Labute approximate surface area is 151 Å². The van der Waals surface area contributed by atoms with E-state index in [1.54, 1.807) is 24.4 Å². The molecule has 0 spiro atoms. The minimum atomic E-state index is -0.473. The third kappa shape index (κ3) is 2.65. The number of aryl methyl sites for hydroxylation is 1. The number of benzene rings is 3. The van der Waals surface area contributed by atoms with E-state index < -0.39 is 5.91 Å². The highest BCUT2D eigenvalue weighted by molar-refractivity contribution is 6.09. The molecule has 1 amide bonds. The first-order valence-electron chi connectivity index (χ1n) is 8.63. The van der Waals surface area contributed by atoms with Gasteiger partial charge in [-0.25, -0.2) is 0 Å². The average Bonchev–Trinajstić information content (AvgIpc) is 2.99. The van der Waals surface area contributed by atoms with Gasteiger partial charge in [0.1, 0.15) is 0 Å². The number of fused-ring (bicyclic) bond motifs is 3. The summed E-state index contributed by atoms with van der Waals surface area (Å²) in [5.41, 5.74) is 9.85. The molecule has 0 aliphatic heterocycles. The number of carbonyl (C=O) groups is 1. The fourth-order valence-electron chi connectivity index (χ4n) is 3.43. The number of aromatic nitrogens is 1. The Morgan fingerprint density at radius 1 is 1.00 bits per heavy atom. The first-order valence-corrected chi connectivity index (χ1v) is 8.63. The molecule has 0 unspecified atom stereocenters. The molecule has 0 radical (unpaired) electrons. The molecule has 1 aromatic heterocycles. The van der Waals surface area contributed by atoms with Crippen molar-refractivity contribution in [1.29, 1.82) is 0 Å². The molecule has 0 bridgehead atoms. The number of hydrogen-bond acceptors (Lipinski definition) is 2. The standard InChI is InChI=1S/C22H19N3O/c1-2-25-20-10-6-4-7-16(20)18-13-15(11-12-21(18)25)14-24-19-9-5-3-8-17(19)22(23)26/h3-14H,2H2,1H3,(H2,23,26). The van der Waals surface area contributed by atoms with Crippen LogP contribution in [0.15, 0.2) is 71.7 Å². The summed E-state index contributed by atoms with van der Waals surface area (Å²) in [6.07, 6.45) is 1.78. The molecule has 2 N–H and O–H groups in total. The van der Waals surface area contributed by atoms with Gasteiger partial charge in [0.2, 0.25) is 0 Å². The predicted molar refractivity (Wildman–Crippen MR) is 107 cm³/mol. The van der Waals surface area contributed by atoms with Crippen molar-refractivity contribution < 1.29 is 4.79 Å². The van der Waals surface area contributed by atoms with Gasteiger partial charge in [-0.1, -0.05) is 36.4 Å². The van der Waals surface area contributed by atoms with Crippen molar-refractivity contribution in [1.82, 2.24) is 4.57 Å². The van der Waals surface area contributed by atoms with Gasteiger partial charge >= 0.3 is 0 Å². The Kier molecular flexibility index (Phi) is 4.01. The lowest BCUT2D eigenvalue weighted by molar-refractivity contribution is 0.100. The number of rotatable bonds is 4. The Morgan fingerprint density at radius 3 is 2.54 bits per heavy atom. The molecule has 4 nitrogen and oxygen atoms in total. The molecule has 1 heterocycles. The van der Waals surface area contributed by atoms with Gasteiger partial charge in [-0.05, 0) is 42.8 Å². The van der Waals surface area contributed by atoms with E-state index in [4.69, 9.17) is 5.73 Å². The summed E-state index contributed by atoms with van der Waals surface area (Å²) in [5.74, 6) is -0.473. The van der Waals surface area contributed by atoms with Crippen molar-refractivity contribution >= 4 is 39.6 Å². The number of carbonyl (C=O) groups excluding carboxylic acids is 1. The topological polar surface area (TPSA) is 60.4 Å². The van der Waals surface area contributed by atoms with Gasteiger partial charge in [-0.3, -0.25) is 9.79 Å². The number of para-hydroxylation sites is 2. The van der Waals surface area contributed by atoms with E-state index in [2.05, 4.69) is 52.9 Å². The van der Waals surface area contributed by atoms with Gasteiger partial charge in [0, 0.05) is 34.6 Å². The van der Waals surface area contributed by atoms with Crippen LogP contribution in [-0.2, 0) is 6.54 Å². The van der Waals surface area contributed by atoms with Crippen LogP contribution in [0.3, 0.4) is 0 Å². The minimum Gasteiger partial charge on any atom is -0.366 e. The van der Waals surface area contributed by atoms with E-state index in [0.717, 1.165) is 12.1 Å². The zero-order valence-corrected chi connectivity index (χ0v) is 14.5. The van der Waals surface area contributed by atoms with Gasteiger partial charge in [0.05, 0.1) is 11.3 Å². The number of nitrogens with zero attached hydrogens (tertiary/aromatic N) is 2. The zero-order valence-electron chi connectivity index (χ0n) is 14.5. The van der Waals surface area contributed by atoms with Crippen molar-refractivity contribution in [2.75, 3.05) is 0 Å². The van der Waals surface area contributed by atoms with Crippen LogP contribution in [0, 0.1) is 0 Å². The Bertz CT molecular complexity index is 1150. The summed E-state index contributed by atoms with van der Waals surface area (Å²) < 4.78 is 2.31. The molecule has 4 aromatic rings. The number of nitrogens with two attached hydrogens (primary N) is 1. The lowest BCUT2D eigenvalue weighted by Crippen LogP contribution is -2.10. The molecule has 3 aromatic carbocycles. The fraction of sp³-hybridized carbons (Fsp3) is 0.0909. The number of aliphatic imine (C=N–C) groups is 1. The van der Waals surface area contributed by atoms with Gasteiger partial charge in [0.15, 0.2) is 0 Å². The maximum absolute atomic E-state index is 11.5. The van der Waals surface area contributed by atoms with Crippen LogP contribution in [0.25, 0.3) is 21.8 Å². The summed E-state index contributed by atoms with van der Waals surface area (Å²) in [7, 11) is 0. The normalized spacial score (nSPS) is 11.6. The lowest BCUT2D eigenvalue weighted by Gasteiger charge is -2.03. The van der Waals surface area contributed by atoms with E-state index in [-0.39, 0.29) is 0 Å². The third-order valence-corrected chi connectivity index (χ3v) is 4.63. The molecule has 0 aliphatic rings. The largest absolute Gasteiger partial charge is 0.366 e. The third-order valence-electron chi connectivity index (χ3n) is 4.63. The first kappa shape index (κ1) is 16.1. The molecule has 0 saturated carbocycles. The SMILES string of the molecule is CCn1c2ccccc2c2cc(C=Nc3ccccc3C(N)=O)ccc21. The van der Waals surface area contributed by atoms with E-state index in [0.29, 0.717) is 11.3 Å². The van der Waals surface area contributed by atoms with Crippen molar-refractivity contribution in [3.05, 3.63) is 77.9 Å². The second-order valence-corrected chi connectivity index (χ2v) is 6.18. The predicted octanol–water partition coefficient (Wildman–Crippen LogP) is 4.66. The molecule has 0 saturated heterocycles. The second-order valence-electron chi connectivity index (χ2n) is 6.18.